The average molecular weight is 474 g/mol. The fourth-order valence-corrected chi connectivity index (χ4v) is 4.43. The van der Waals surface area contributed by atoms with Crippen LogP contribution in [0, 0.1) is 0 Å². The van der Waals surface area contributed by atoms with Crippen LogP contribution in [0.2, 0.25) is 0 Å². The van der Waals surface area contributed by atoms with Crippen molar-refractivity contribution >= 4 is 51.4 Å². The Balaban J connectivity index is 1.48. The van der Waals surface area contributed by atoms with Gasteiger partial charge in [0.25, 0.3) is 10.0 Å². The molecule has 4 aromatic rings. The molecule has 5 nitrogen and oxygen atoms in total. The van der Waals surface area contributed by atoms with Gasteiger partial charge < -0.3 is 4.98 Å². The lowest BCUT2D eigenvalue weighted by atomic mass is 10.1. The molecule has 2 aromatic carbocycles. The Morgan fingerprint density at radius 1 is 1.00 bits per heavy atom. The van der Waals surface area contributed by atoms with Crippen molar-refractivity contribution in [2.24, 2.45) is 0 Å². The van der Waals surface area contributed by atoms with Crippen LogP contribution in [0.3, 0.4) is 0 Å². The lowest BCUT2D eigenvalue weighted by molar-refractivity contribution is 0.577. The van der Waals surface area contributed by atoms with Gasteiger partial charge in [-0.25, -0.2) is 13.1 Å². The normalized spacial score (nSPS) is 11.8. The topological polar surface area (TPSA) is 74.8 Å². The summed E-state index contributed by atoms with van der Waals surface area (Å²) in [5, 5.41) is 2.08. The molecular weight excluding hydrogens is 457 g/mol. The molecule has 8 heteroatoms. The number of aromatic amines is 1. The number of pyridine rings is 1. The first kappa shape index (κ1) is 19.3. The predicted molar refractivity (Wildman–Crippen MR) is 119 cm³/mol. The summed E-state index contributed by atoms with van der Waals surface area (Å²) < 4.78 is 28.7. The molecule has 1 atom stereocenters. The molecule has 0 radical (unpaired) electrons. The number of rotatable bonds is 5. The van der Waals surface area contributed by atoms with Gasteiger partial charge in [0.15, 0.2) is 0 Å². The summed E-state index contributed by atoms with van der Waals surface area (Å²) in [6, 6.07) is 19.0. The smallest absolute Gasteiger partial charge is 0.256 e. The Morgan fingerprint density at radius 3 is 2.46 bits per heavy atom. The summed E-state index contributed by atoms with van der Waals surface area (Å²) in [7, 11) is -1.01. The monoisotopic (exact) mass is 473 g/mol. The van der Waals surface area contributed by atoms with Gasteiger partial charge in [-0.3, -0.25) is 4.98 Å². The van der Waals surface area contributed by atoms with E-state index in [9.17, 15) is 8.42 Å². The SMILES string of the molecule is O=S(=O)(NCc1ccc(-c2ccc(P)cc2)cn1)c1cc2cc(Br)ccc2[nH]1. The van der Waals surface area contributed by atoms with Gasteiger partial charge in [0.1, 0.15) is 5.03 Å². The minimum absolute atomic E-state index is 0.117. The lowest BCUT2D eigenvalue weighted by Crippen LogP contribution is -2.24. The maximum absolute atomic E-state index is 12.6. The van der Waals surface area contributed by atoms with E-state index in [2.05, 4.69) is 39.9 Å². The van der Waals surface area contributed by atoms with Gasteiger partial charge in [-0.05, 0) is 41.2 Å². The largest absolute Gasteiger partial charge is 0.345 e. The van der Waals surface area contributed by atoms with E-state index in [0.29, 0.717) is 5.69 Å². The standard InChI is InChI=1S/C20H17BrN3O2PS/c21-16-4-8-19-15(9-16)10-20(24-19)28(25,26)23-12-17-5-1-14(11-22-17)13-2-6-18(27)7-3-13/h1-11,23-24H,12,27H2. The number of fused-ring (bicyclic) bond motifs is 1. The van der Waals surface area contributed by atoms with Crippen molar-refractivity contribution in [1.82, 2.24) is 14.7 Å². The number of nitrogens with zero attached hydrogens (tertiary/aromatic N) is 1. The van der Waals surface area contributed by atoms with Crippen molar-refractivity contribution in [1.29, 1.82) is 0 Å². The zero-order chi connectivity index (χ0) is 19.7. The van der Waals surface area contributed by atoms with Gasteiger partial charge in [-0.2, -0.15) is 0 Å². The van der Waals surface area contributed by atoms with E-state index in [-0.39, 0.29) is 11.6 Å². The predicted octanol–water partition coefficient (Wildman–Crippen LogP) is 3.97. The number of H-pyrrole nitrogens is 1. The van der Waals surface area contributed by atoms with E-state index < -0.39 is 10.0 Å². The van der Waals surface area contributed by atoms with Crippen molar-refractivity contribution in [2.45, 2.75) is 11.6 Å². The fourth-order valence-electron chi connectivity index (χ4n) is 2.84. The Morgan fingerprint density at radius 2 is 1.75 bits per heavy atom. The molecule has 0 saturated heterocycles. The van der Waals surface area contributed by atoms with Crippen LogP contribution in [0.4, 0.5) is 0 Å². The van der Waals surface area contributed by atoms with Gasteiger partial charge in [0, 0.05) is 27.1 Å². The third kappa shape index (κ3) is 4.18. The zero-order valence-corrected chi connectivity index (χ0v) is 18.2. The first-order chi connectivity index (χ1) is 13.4. The molecule has 28 heavy (non-hydrogen) atoms. The molecule has 2 aromatic heterocycles. The highest BCUT2D eigenvalue weighted by Crippen LogP contribution is 2.23. The second-order valence-corrected chi connectivity index (χ2v) is 9.67. The maximum Gasteiger partial charge on any atom is 0.256 e. The first-order valence-corrected chi connectivity index (χ1v) is 11.3. The van der Waals surface area contributed by atoms with Crippen LogP contribution in [-0.2, 0) is 16.6 Å². The average Bonchev–Trinajstić information content (AvgIpc) is 3.12. The van der Waals surface area contributed by atoms with Crippen LogP contribution in [-0.4, -0.2) is 18.4 Å². The first-order valence-electron chi connectivity index (χ1n) is 8.49. The van der Waals surface area contributed by atoms with Crippen molar-refractivity contribution in [3.8, 4) is 11.1 Å². The molecule has 0 aliphatic carbocycles. The molecule has 4 rings (SSSR count). The number of benzene rings is 2. The number of hydrogen-bond donors (Lipinski definition) is 2. The van der Waals surface area contributed by atoms with Gasteiger partial charge in [0.2, 0.25) is 0 Å². The summed E-state index contributed by atoms with van der Waals surface area (Å²) >= 11 is 3.39. The molecule has 0 spiro atoms. The second kappa shape index (κ2) is 7.76. The summed E-state index contributed by atoms with van der Waals surface area (Å²) in [4.78, 5) is 7.32. The van der Waals surface area contributed by atoms with Gasteiger partial charge in [-0.15, -0.1) is 9.24 Å². The molecule has 0 amide bonds. The number of aromatic nitrogens is 2. The highest BCUT2D eigenvalue weighted by Gasteiger charge is 2.17. The highest BCUT2D eigenvalue weighted by atomic mass is 79.9. The quantitative estimate of drug-likeness (QED) is 0.430. The zero-order valence-electron chi connectivity index (χ0n) is 14.7. The molecule has 0 fully saturated rings. The number of hydrogen-bond acceptors (Lipinski definition) is 3. The summed E-state index contributed by atoms with van der Waals surface area (Å²) in [6.45, 7) is 0.117. The molecular formula is C20H17BrN3O2PS. The van der Waals surface area contributed by atoms with Crippen LogP contribution < -0.4 is 10.0 Å². The van der Waals surface area contributed by atoms with Crippen molar-refractivity contribution < 1.29 is 8.42 Å². The van der Waals surface area contributed by atoms with E-state index in [1.165, 1.54) is 0 Å². The van der Waals surface area contributed by atoms with E-state index >= 15 is 0 Å². The lowest BCUT2D eigenvalue weighted by Gasteiger charge is -2.06. The number of nitrogens with one attached hydrogen (secondary N) is 2. The van der Waals surface area contributed by atoms with Gasteiger partial charge in [0.05, 0.1) is 12.2 Å². The number of halogens is 1. The van der Waals surface area contributed by atoms with Crippen LogP contribution >= 0.6 is 25.2 Å². The van der Waals surface area contributed by atoms with Crippen molar-refractivity contribution in [2.75, 3.05) is 0 Å². The molecule has 0 aliphatic rings. The van der Waals surface area contributed by atoms with Gasteiger partial charge >= 0.3 is 0 Å². The van der Waals surface area contributed by atoms with Crippen molar-refractivity contribution in [3.63, 3.8) is 0 Å². The molecule has 1 unspecified atom stereocenters. The number of sulfonamides is 1. The van der Waals surface area contributed by atoms with Crippen LogP contribution in [0.25, 0.3) is 22.0 Å². The van der Waals surface area contributed by atoms with Gasteiger partial charge in [-0.1, -0.05) is 46.3 Å². The van der Waals surface area contributed by atoms with E-state index in [1.807, 2.05) is 54.6 Å². The van der Waals surface area contributed by atoms with Crippen LogP contribution in [0.1, 0.15) is 5.69 Å². The molecule has 2 heterocycles. The van der Waals surface area contributed by atoms with Crippen molar-refractivity contribution in [3.05, 3.63) is 77.0 Å². The van der Waals surface area contributed by atoms with Crippen LogP contribution in [0.15, 0.2) is 76.4 Å². The Labute approximate surface area is 174 Å². The molecule has 0 aliphatic heterocycles. The Hall–Kier alpha value is -2.05. The van der Waals surface area contributed by atoms with E-state index in [1.54, 1.807) is 12.3 Å². The Bertz CT molecular complexity index is 1240. The molecule has 0 saturated carbocycles. The highest BCUT2D eigenvalue weighted by molar-refractivity contribution is 9.10. The minimum Gasteiger partial charge on any atom is -0.345 e. The fraction of sp³-hybridized carbons (Fsp3) is 0.0500. The summed E-state index contributed by atoms with van der Waals surface area (Å²) in [5.41, 5.74) is 3.46. The molecule has 2 N–H and O–H groups in total. The van der Waals surface area contributed by atoms with E-state index in [0.717, 1.165) is 31.8 Å². The summed E-state index contributed by atoms with van der Waals surface area (Å²) in [6.07, 6.45) is 1.75. The second-order valence-electron chi connectivity index (χ2n) is 6.35. The third-order valence-corrected chi connectivity index (χ3v) is 6.56. The maximum atomic E-state index is 12.6. The molecule has 142 valence electrons. The summed E-state index contributed by atoms with van der Waals surface area (Å²) in [5.74, 6) is 0. The third-order valence-electron chi connectivity index (χ3n) is 4.36. The Kier molecular flexibility index (Phi) is 5.34. The van der Waals surface area contributed by atoms with Crippen LogP contribution in [0.5, 0.6) is 0 Å². The molecule has 0 bridgehead atoms. The minimum atomic E-state index is -3.66. The van der Waals surface area contributed by atoms with E-state index in [4.69, 9.17) is 0 Å².